The summed E-state index contributed by atoms with van der Waals surface area (Å²) in [5, 5.41) is 6.05. The van der Waals surface area contributed by atoms with Gasteiger partial charge >= 0.3 is 0 Å². The third-order valence-corrected chi connectivity index (χ3v) is 9.91. The number of nitrogens with zero attached hydrogens (tertiary/aromatic N) is 1. The average Bonchev–Trinajstić information content (AvgIpc) is 3.65. The first kappa shape index (κ1) is 26.0. The highest BCUT2D eigenvalue weighted by Crippen LogP contribution is 2.45. The number of fused-ring (bicyclic) bond motifs is 6. The molecule has 244 valence electrons. The van der Waals surface area contributed by atoms with E-state index in [0.29, 0.717) is 22.5 Å². The number of anilines is 3. The summed E-state index contributed by atoms with van der Waals surface area (Å²) < 4.78 is 44.7. The maximum atomic E-state index is 9.62. The second kappa shape index (κ2) is 12.5. The van der Waals surface area contributed by atoms with Gasteiger partial charge in [-0.3, -0.25) is 0 Å². The van der Waals surface area contributed by atoms with Gasteiger partial charge in [0.05, 0.1) is 16.6 Å². The van der Waals surface area contributed by atoms with Crippen molar-refractivity contribution in [2.45, 2.75) is 0 Å². The van der Waals surface area contributed by atoms with Crippen LogP contribution in [-0.2, 0) is 0 Å². The minimum absolute atomic E-state index is 0.112. The van der Waals surface area contributed by atoms with E-state index >= 15 is 0 Å². The lowest BCUT2D eigenvalue weighted by Crippen LogP contribution is -2.10. The third kappa shape index (κ3) is 5.21. The summed E-state index contributed by atoms with van der Waals surface area (Å²) in [6.45, 7) is 0. The molecule has 10 aromatic rings. The second-order valence-electron chi connectivity index (χ2n) is 13.0. The monoisotopic (exact) mass is 667 g/mol. The van der Waals surface area contributed by atoms with Crippen molar-refractivity contribution in [3.05, 3.63) is 200 Å². The Morgan fingerprint density at radius 3 is 1.83 bits per heavy atom. The van der Waals surface area contributed by atoms with Crippen LogP contribution in [0.2, 0.25) is 0 Å². The molecule has 0 aliphatic carbocycles. The molecular formula is C50H33NO. The molecule has 9 aromatic carbocycles. The van der Waals surface area contributed by atoms with Crippen LogP contribution in [0.4, 0.5) is 17.1 Å². The van der Waals surface area contributed by atoms with Crippen molar-refractivity contribution in [1.29, 1.82) is 0 Å². The number of hydrogen-bond donors (Lipinski definition) is 0. The third-order valence-electron chi connectivity index (χ3n) is 9.91. The second-order valence-corrected chi connectivity index (χ2v) is 13.0. The predicted octanol–water partition coefficient (Wildman–Crippen LogP) is 14.4. The molecule has 0 spiro atoms. The van der Waals surface area contributed by atoms with E-state index in [9.17, 15) is 5.48 Å². The van der Waals surface area contributed by atoms with E-state index in [0.717, 1.165) is 60.2 Å². The molecule has 0 N–H and O–H groups in total. The van der Waals surface area contributed by atoms with Gasteiger partial charge in [-0.15, -0.1) is 0 Å². The van der Waals surface area contributed by atoms with Crippen molar-refractivity contribution in [3.8, 4) is 33.4 Å². The smallest absolute Gasteiger partial charge is 0.143 e. The van der Waals surface area contributed by atoms with Gasteiger partial charge in [-0.25, -0.2) is 0 Å². The van der Waals surface area contributed by atoms with Gasteiger partial charge in [-0.05, 0) is 98.0 Å². The van der Waals surface area contributed by atoms with E-state index in [4.69, 9.17) is 4.42 Å². The lowest BCUT2D eigenvalue weighted by Gasteiger charge is -2.27. The highest BCUT2D eigenvalue weighted by atomic mass is 16.3. The molecule has 0 unspecified atom stereocenters. The summed E-state index contributed by atoms with van der Waals surface area (Å²) in [6.07, 6.45) is 0. The van der Waals surface area contributed by atoms with Gasteiger partial charge in [-0.2, -0.15) is 0 Å². The topological polar surface area (TPSA) is 16.4 Å². The molecule has 10 rings (SSSR count). The molecule has 0 radical (unpaired) electrons. The van der Waals surface area contributed by atoms with Gasteiger partial charge in [0.1, 0.15) is 11.2 Å². The first-order chi connectivity index (χ1) is 27.4. The maximum absolute atomic E-state index is 9.62. The Hall–Kier alpha value is -6.90. The molecule has 0 fully saturated rings. The fourth-order valence-electron chi connectivity index (χ4n) is 7.33. The van der Waals surface area contributed by atoms with Gasteiger partial charge in [0.15, 0.2) is 0 Å². The SMILES string of the molecule is [2H]c1c([2H])c(N(c2cccc(-c3ccc4ccccc4c3)c2)c2cccc3oc4c5ccccc5ccc4c23)c([2H])c([2H])c1-c1ccc(-c2ccccc2)cc1. The van der Waals surface area contributed by atoms with Crippen molar-refractivity contribution in [1.82, 2.24) is 0 Å². The molecular weight excluding hydrogens is 631 g/mol. The van der Waals surface area contributed by atoms with Crippen LogP contribution < -0.4 is 4.90 Å². The summed E-state index contributed by atoms with van der Waals surface area (Å²) in [6, 6.07) is 58.0. The van der Waals surface area contributed by atoms with Gasteiger partial charge in [0, 0.05) is 22.1 Å². The van der Waals surface area contributed by atoms with Crippen LogP contribution in [0.15, 0.2) is 205 Å². The molecule has 2 nitrogen and oxygen atoms in total. The van der Waals surface area contributed by atoms with E-state index in [2.05, 4.69) is 66.7 Å². The molecule has 1 aromatic heterocycles. The molecule has 1 heterocycles. The van der Waals surface area contributed by atoms with Crippen LogP contribution in [-0.4, -0.2) is 0 Å². The molecule has 0 aliphatic rings. The molecule has 0 atom stereocenters. The van der Waals surface area contributed by atoms with E-state index in [1.54, 1.807) is 0 Å². The summed E-state index contributed by atoms with van der Waals surface area (Å²) >= 11 is 0. The Bertz CT molecular complexity index is 3110. The highest BCUT2D eigenvalue weighted by molar-refractivity contribution is 6.19. The zero-order valence-electron chi connectivity index (χ0n) is 32.1. The molecule has 0 aliphatic heterocycles. The predicted molar refractivity (Wildman–Crippen MR) is 220 cm³/mol. The first-order valence-corrected chi connectivity index (χ1v) is 17.4. The van der Waals surface area contributed by atoms with Gasteiger partial charge in [0.25, 0.3) is 0 Å². The van der Waals surface area contributed by atoms with Crippen LogP contribution in [0.3, 0.4) is 0 Å². The van der Waals surface area contributed by atoms with Crippen molar-refractivity contribution in [3.63, 3.8) is 0 Å². The normalized spacial score (nSPS) is 12.5. The van der Waals surface area contributed by atoms with Crippen molar-refractivity contribution in [2.24, 2.45) is 0 Å². The van der Waals surface area contributed by atoms with Gasteiger partial charge in [-0.1, -0.05) is 152 Å². The molecule has 0 saturated heterocycles. The Morgan fingerprint density at radius 2 is 1.00 bits per heavy atom. The molecule has 52 heavy (non-hydrogen) atoms. The fraction of sp³-hybridized carbons (Fsp3) is 0. The molecule has 0 amide bonds. The van der Waals surface area contributed by atoms with Crippen LogP contribution in [0, 0.1) is 0 Å². The van der Waals surface area contributed by atoms with Crippen molar-refractivity contribution < 1.29 is 9.90 Å². The van der Waals surface area contributed by atoms with E-state index in [-0.39, 0.29) is 35.4 Å². The molecule has 0 bridgehead atoms. The van der Waals surface area contributed by atoms with Crippen LogP contribution >= 0.6 is 0 Å². The molecule has 0 saturated carbocycles. The summed E-state index contributed by atoms with van der Waals surface area (Å²) in [5.74, 6) is 0. The number of benzene rings is 9. The van der Waals surface area contributed by atoms with Gasteiger partial charge in [0.2, 0.25) is 0 Å². The minimum atomic E-state index is -0.139. The Balaban J connectivity index is 1.20. The average molecular weight is 668 g/mol. The van der Waals surface area contributed by atoms with Crippen LogP contribution in [0.5, 0.6) is 0 Å². The molecule has 2 heteroatoms. The Labute approximate surface area is 308 Å². The van der Waals surface area contributed by atoms with Crippen molar-refractivity contribution in [2.75, 3.05) is 4.90 Å². The fourth-order valence-corrected chi connectivity index (χ4v) is 7.33. The van der Waals surface area contributed by atoms with E-state index < -0.39 is 0 Å². The number of rotatable bonds is 6. The van der Waals surface area contributed by atoms with E-state index in [1.165, 1.54) is 0 Å². The zero-order chi connectivity index (χ0) is 37.9. The quantitative estimate of drug-likeness (QED) is 0.175. The summed E-state index contributed by atoms with van der Waals surface area (Å²) in [7, 11) is 0. The largest absolute Gasteiger partial charge is 0.455 e. The van der Waals surface area contributed by atoms with Gasteiger partial charge < -0.3 is 9.32 Å². The highest BCUT2D eigenvalue weighted by Gasteiger charge is 2.21. The summed E-state index contributed by atoms with van der Waals surface area (Å²) in [4.78, 5) is 1.88. The Morgan fingerprint density at radius 1 is 0.385 bits per heavy atom. The summed E-state index contributed by atoms with van der Waals surface area (Å²) in [5.41, 5.74) is 7.88. The standard InChI is InChI=1S/C50H33NO/c1-2-10-34(11-3-1)36-20-22-37(23-21-36)38-26-29-43(30-27-38)51(44-16-8-15-41(33-44)42-25-24-35-12-4-5-14-40(35)32-42)47-18-9-19-48-49(47)46-31-28-39-13-6-7-17-45(39)50(46)52-48/h1-33H/i26D,27D,29D,30D. The number of hydrogen-bond acceptors (Lipinski definition) is 2. The lowest BCUT2D eigenvalue weighted by atomic mass is 9.99. The lowest BCUT2D eigenvalue weighted by molar-refractivity contribution is 0.672. The van der Waals surface area contributed by atoms with Crippen LogP contribution in [0.25, 0.3) is 76.9 Å². The zero-order valence-corrected chi connectivity index (χ0v) is 28.1. The minimum Gasteiger partial charge on any atom is -0.455 e. The number of furan rings is 1. The Kier molecular flexibility index (Phi) is 6.22. The van der Waals surface area contributed by atoms with Crippen LogP contribution in [0.1, 0.15) is 5.48 Å². The van der Waals surface area contributed by atoms with E-state index in [1.807, 2.05) is 114 Å². The van der Waals surface area contributed by atoms with Crippen molar-refractivity contribution >= 4 is 60.5 Å². The first-order valence-electron chi connectivity index (χ1n) is 19.4. The maximum Gasteiger partial charge on any atom is 0.143 e.